The molecule has 2 nitrogen and oxygen atoms in total. The van der Waals surface area contributed by atoms with E-state index in [2.05, 4.69) is 19.1 Å². The number of cyclic esters (lactones) is 1. The number of unbranched alkanes of at least 4 members (excludes halogenated alkanes) is 2. The van der Waals surface area contributed by atoms with Crippen LogP contribution in [0.2, 0.25) is 0 Å². The van der Waals surface area contributed by atoms with Gasteiger partial charge in [0.15, 0.2) is 0 Å². The zero-order valence-electron chi connectivity index (χ0n) is 10.6. The number of esters is 1. The third-order valence-corrected chi connectivity index (χ3v) is 4.01. The van der Waals surface area contributed by atoms with E-state index < -0.39 is 0 Å². The van der Waals surface area contributed by atoms with Crippen molar-refractivity contribution in [3.05, 3.63) is 41.3 Å². The van der Waals surface area contributed by atoms with Crippen LogP contribution in [-0.4, -0.2) is 12.1 Å². The lowest BCUT2D eigenvalue weighted by Crippen LogP contribution is -2.10. The van der Waals surface area contributed by atoms with E-state index in [0.29, 0.717) is 0 Å². The van der Waals surface area contributed by atoms with Gasteiger partial charge in [0.05, 0.1) is 0 Å². The molecule has 96 valence electrons. The van der Waals surface area contributed by atoms with Crippen LogP contribution in [0.4, 0.5) is 0 Å². The molecule has 0 aliphatic carbocycles. The lowest BCUT2D eigenvalue weighted by molar-refractivity contribution is -0.138. The molecule has 0 bridgehead atoms. The zero-order chi connectivity index (χ0) is 12.8. The number of hydrogen-bond acceptors (Lipinski definition) is 3. The molecular formula is C15H18O2S. The average molecular weight is 262 g/mol. The number of thioether (sulfide) groups is 1. The minimum Gasteiger partial charge on any atom is -0.454 e. The highest BCUT2D eigenvalue weighted by Gasteiger charge is 2.26. The Kier molecular flexibility index (Phi) is 4.88. The molecule has 1 aliphatic heterocycles. The maximum Gasteiger partial charge on any atom is 0.332 e. The quantitative estimate of drug-likeness (QED) is 0.568. The molecule has 0 saturated carbocycles. The lowest BCUT2D eigenvalue weighted by atomic mass is 10.1. The molecule has 2 rings (SSSR count). The summed E-state index contributed by atoms with van der Waals surface area (Å²) < 4.78 is 5.34. The first-order chi connectivity index (χ1) is 8.79. The van der Waals surface area contributed by atoms with Crippen molar-refractivity contribution in [2.45, 2.75) is 43.6 Å². The number of ether oxygens (including phenoxy) is 1. The van der Waals surface area contributed by atoms with Crippen molar-refractivity contribution >= 4 is 17.7 Å². The van der Waals surface area contributed by atoms with Gasteiger partial charge in [0, 0.05) is 15.9 Å². The fraction of sp³-hybridized carbons (Fsp3) is 0.400. The molecule has 0 amide bonds. The fourth-order valence-corrected chi connectivity index (χ4v) is 2.96. The maximum absolute atomic E-state index is 11.4. The van der Waals surface area contributed by atoms with E-state index in [9.17, 15) is 4.79 Å². The molecule has 1 aromatic carbocycles. The van der Waals surface area contributed by atoms with E-state index in [1.165, 1.54) is 12.8 Å². The minimum absolute atomic E-state index is 0.0331. The van der Waals surface area contributed by atoms with Gasteiger partial charge in [0.1, 0.15) is 6.10 Å². The van der Waals surface area contributed by atoms with E-state index in [-0.39, 0.29) is 12.1 Å². The predicted molar refractivity (Wildman–Crippen MR) is 74.4 cm³/mol. The van der Waals surface area contributed by atoms with Crippen molar-refractivity contribution in [1.82, 2.24) is 0 Å². The van der Waals surface area contributed by atoms with E-state index in [0.717, 1.165) is 22.6 Å². The Labute approximate surface area is 112 Å². The summed E-state index contributed by atoms with van der Waals surface area (Å²) in [6, 6.07) is 10.1. The number of hydrogen-bond donors (Lipinski definition) is 0. The maximum atomic E-state index is 11.4. The lowest BCUT2D eigenvalue weighted by Gasteiger charge is -2.13. The number of carbonyl (C=O) groups excluding carboxylic acids is 1. The summed E-state index contributed by atoms with van der Waals surface area (Å²) in [5.41, 5.74) is 0. The predicted octanol–water partition coefficient (Wildman–Crippen LogP) is 4.17. The third-order valence-electron chi connectivity index (χ3n) is 2.88. The summed E-state index contributed by atoms with van der Waals surface area (Å²) in [6.45, 7) is 2.18. The molecule has 0 N–H and O–H groups in total. The Morgan fingerprint density at radius 1 is 1.22 bits per heavy atom. The largest absolute Gasteiger partial charge is 0.454 e. The van der Waals surface area contributed by atoms with Crippen LogP contribution < -0.4 is 0 Å². The topological polar surface area (TPSA) is 26.3 Å². The first-order valence-corrected chi connectivity index (χ1v) is 7.26. The van der Waals surface area contributed by atoms with Crippen molar-refractivity contribution in [2.24, 2.45) is 0 Å². The highest BCUT2D eigenvalue weighted by molar-refractivity contribution is 8.03. The molecule has 0 saturated heterocycles. The van der Waals surface area contributed by atoms with E-state index in [1.54, 1.807) is 17.8 Å². The fourth-order valence-electron chi connectivity index (χ4n) is 1.94. The first kappa shape index (κ1) is 13.2. The van der Waals surface area contributed by atoms with Crippen molar-refractivity contribution in [2.75, 3.05) is 0 Å². The zero-order valence-corrected chi connectivity index (χ0v) is 11.4. The number of carbonyl (C=O) groups is 1. The van der Waals surface area contributed by atoms with Gasteiger partial charge in [-0.25, -0.2) is 4.79 Å². The van der Waals surface area contributed by atoms with Crippen molar-refractivity contribution in [3.8, 4) is 0 Å². The van der Waals surface area contributed by atoms with Crippen LogP contribution >= 0.6 is 11.8 Å². The van der Waals surface area contributed by atoms with Crippen LogP contribution in [-0.2, 0) is 9.53 Å². The second-order valence-electron chi connectivity index (χ2n) is 4.38. The van der Waals surface area contributed by atoms with Gasteiger partial charge in [0.2, 0.25) is 0 Å². The molecule has 18 heavy (non-hydrogen) atoms. The monoisotopic (exact) mass is 262 g/mol. The van der Waals surface area contributed by atoms with Crippen molar-refractivity contribution in [1.29, 1.82) is 0 Å². The molecule has 1 unspecified atom stereocenters. The van der Waals surface area contributed by atoms with E-state index in [4.69, 9.17) is 4.74 Å². The number of rotatable bonds is 6. The smallest absolute Gasteiger partial charge is 0.332 e. The average Bonchev–Trinajstić information content (AvgIpc) is 2.71. The molecule has 0 spiro atoms. The third kappa shape index (κ3) is 3.64. The normalized spacial score (nSPS) is 18.6. The SMILES string of the molecule is CCCCCC1OC(=O)C=C1Sc1ccccc1. The minimum atomic E-state index is -0.199. The Morgan fingerprint density at radius 3 is 2.72 bits per heavy atom. The van der Waals surface area contributed by atoms with Crippen LogP contribution in [0.1, 0.15) is 32.6 Å². The van der Waals surface area contributed by atoms with E-state index in [1.807, 2.05) is 18.2 Å². The van der Waals surface area contributed by atoms with Crippen molar-refractivity contribution in [3.63, 3.8) is 0 Å². The second kappa shape index (κ2) is 6.64. The number of benzene rings is 1. The van der Waals surface area contributed by atoms with E-state index >= 15 is 0 Å². The van der Waals surface area contributed by atoms with Gasteiger partial charge in [-0.1, -0.05) is 49.7 Å². The van der Waals surface area contributed by atoms with Crippen LogP contribution in [0.15, 0.2) is 46.2 Å². The summed E-state index contributed by atoms with van der Waals surface area (Å²) in [6.07, 6.45) is 6.03. The molecule has 1 aromatic rings. The Balaban J connectivity index is 1.96. The van der Waals surface area contributed by atoms with Crippen LogP contribution in [0.25, 0.3) is 0 Å². The van der Waals surface area contributed by atoms with Gasteiger partial charge >= 0.3 is 5.97 Å². The molecule has 0 radical (unpaired) electrons. The second-order valence-corrected chi connectivity index (χ2v) is 5.53. The first-order valence-electron chi connectivity index (χ1n) is 6.44. The van der Waals surface area contributed by atoms with Crippen LogP contribution in [0, 0.1) is 0 Å². The Morgan fingerprint density at radius 2 is 2.00 bits per heavy atom. The Bertz CT molecular complexity index is 425. The molecule has 1 atom stereocenters. The van der Waals surface area contributed by atoms with Crippen LogP contribution in [0.5, 0.6) is 0 Å². The molecule has 0 fully saturated rings. The van der Waals surface area contributed by atoms with Gasteiger partial charge < -0.3 is 4.74 Å². The summed E-state index contributed by atoms with van der Waals surface area (Å²) in [7, 11) is 0. The van der Waals surface area contributed by atoms with Gasteiger partial charge in [-0.15, -0.1) is 0 Å². The molecular weight excluding hydrogens is 244 g/mol. The van der Waals surface area contributed by atoms with Crippen LogP contribution in [0.3, 0.4) is 0 Å². The van der Waals surface area contributed by atoms with Crippen molar-refractivity contribution < 1.29 is 9.53 Å². The van der Waals surface area contributed by atoms with Gasteiger partial charge in [0.25, 0.3) is 0 Å². The molecule has 1 heterocycles. The summed E-state index contributed by atoms with van der Waals surface area (Å²) in [5.74, 6) is -0.199. The summed E-state index contributed by atoms with van der Waals surface area (Å²) in [5, 5.41) is 0. The molecule has 1 aliphatic rings. The van der Waals surface area contributed by atoms with Gasteiger partial charge in [-0.05, 0) is 25.0 Å². The Hall–Kier alpha value is -1.22. The van der Waals surface area contributed by atoms with Gasteiger partial charge in [-0.3, -0.25) is 0 Å². The standard InChI is InChI=1S/C15H18O2S/c1-2-3-5-10-13-14(11-15(16)17-13)18-12-8-6-4-7-9-12/h4,6-9,11,13H,2-3,5,10H2,1H3. The highest BCUT2D eigenvalue weighted by Crippen LogP contribution is 2.35. The summed E-state index contributed by atoms with van der Waals surface area (Å²) >= 11 is 1.64. The molecule has 0 aromatic heterocycles. The summed E-state index contributed by atoms with van der Waals surface area (Å²) in [4.78, 5) is 13.6. The highest BCUT2D eigenvalue weighted by atomic mass is 32.2. The van der Waals surface area contributed by atoms with Gasteiger partial charge in [-0.2, -0.15) is 0 Å². The molecule has 3 heteroatoms.